The van der Waals surface area contributed by atoms with Crippen molar-refractivity contribution in [2.75, 3.05) is 6.61 Å². The summed E-state index contributed by atoms with van der Waals surface area (Å²) in [5, 5.41) is 0.838. The molecule has 6 nitrogen and oxygen atoms in total. The zero-order chi connectivity index (χ0) is 25.7. The third kappa shape index (κ3) is 6.17. The number of carbonyl (C=O) groups excluding carboxylic acids is 1. The summed E-state index contributed by atoms with van der Waals surface area (Å²) in [5.41, 5.74) is 10.3. The molecule has 0 aliphatic heterocycles. The first-order valence-corrected chi connectivity index (χ1v) is 11.2. The summed E-state index contributed by atoms with van der Waals surface area (Å²) in [6, 6.07) is 16.9. The van der Waals surface area contributed by atoms with Crippen molar-refractivity contribution in [3.8, 4) is 22.6 Å². The lowest BCUT2D eigenvalue weighted by molar-refractivity contribution is -0.274. The number of rotatable bonds is 9. The summed E-state index contributed by atoms with van der Waals surface area (Å²) in [7, 11) is 0. The number of carbonyl (C=O) groups is 1. The van der Waals surface area contributed by atoms with E-state index >= 15 is 0 Å². The molecule has 0 fully saturated rings. The van der Waals surface area contributed by atoms with Crippen molar-refractivity contribution in [2.45, 2.75) is 32.9 Å². The number of hydrogen-bond donors (Lipinski definition) is 1. The first kappa shape index (κ1) is 25.1. The molecule has 0 saturated heterocycles. The second kappa shape index (κ2) is 10.7. The average molecular weight is 499 g/mol. The number of nitrogens with two attached hydrogens (primary N) is 1. The molecular formula is C27H24F3NO5. The van der Waals surface area contributed by atoms with Gasteiger partial charge >= 0.3 is 12.3 Å². The summed E-state index contributed by atoms with van der Waals surface area (Å²) >= 11 is 0. The fraction of sp³-hybridized carbons (Fsp3) is 0.222. The number of furan rings is 1. The Balaban J connectivity index is 1.65. The summed E-state index contributed by atoms with van der Waals surface area (Å²) in [4.78, 5) is 12.0. The Morgan fingerprint density at radius 2 is 1.86 bits per heavy atom. The van der Waals surface area contributed by atoms with Crippen LogP contribution in [-0.2, 0) is 29.1 Å². The van der Waals surface area contributed by atoms with Gasteiger partial charge in [-0.3, -0.25) is 4.79 Å². The van der Waals surface area contributed by atoms with Crippen LogP contribution in [0.4, 0.5) is 13.2 Å². The minimum atomic E-state index is -4.86. The number of ether oxygens (including phenoxy) is 3. The summed E-state index contributed by atoms with van der Waals surface area (Å²) in [6.07, 6.45) is -3.44. The molecular weight excluding hydrogens is 475 g/mol. The molecule has 188 valence electrons. The van der Waals surface area contributed by atoms with Gasteiger partial charge in [-0.05, 0) is 53.9 Å². The molecule has 2 N–H and O–H groups in total. The number of esters is 1. The van der Waals surface area contributed by atoms with Gasteiger partial charge in [-0.1, -0.05) is 24.3 Å². The molecule has 0 aliphatic carbocycles. The molecule has 4 rings (SSSR count). The third-order valence-electron chi connectivity index (χ3n) is 5.39. The van der Waals surface area contributed by atoms with Crippen LogP contribution in [-0.4, -0.2) is 18.9 Å². The maximum atomic E-state index is 12.8. The highest BCUT2D eigenvalue weighted by Gasteiger charge is 2.31. The summed E-state index contributed by atoms with van der Waals surface area (Å²) in [6.45, 7) is 2.26. The molecule has 0 amide bonds. The number of benzene rings is 3. The highest BCUT2D eigenvalue weighted by Crippen LogP contribution is 2.34. The van der Waals surface area contributed by atoms with E-state index in [4.69, 9.17) is 19.6 Å². The van der Waals surface area contributed by atoms with Gasteiger partial charge in [0, 0.05) is 29.1 Å². The Kier molecular flexibility index (Phi) is 7.49. The summed E-state index contributed by atoms with van der Waals surface area (Å²) in [5.74, 6) is -0.882. The van der Waals surface area contributed by atoms with Crippen LogP contribution in [0.2, 0.25) is 0 Å². The zero-order valence-corrected chi connectivity index (χ0v) is 19.4. The van der Waals surface area contributed by atoms with Crippen LogP contribution in [0.15, 0.2) is 71.3 Å². The summed E-state index contributed by atoms with van der Waals surface area (Å²) < 4.78 is 58.9. The molecule has 0 aliphatic rings. The van der Waals surface area contributed by atoms with Gasteiger partial charge in [-0.2, -0.15) is 0 Å². The number of alkyl halides is 3. The van der Waals surface area contributed by atoms with Crippen LogP contribution in [0.25, 0.3) is 22.1 Å². The van der Waals surface area contributed by atoms with Crippen LogP contribution in [0.5, 0.6) is 11.5 Å². The second-order valence-electron chi connectivity index (χ2n) is 7.97. The van der Waals surface area contributed by atoms with E-state index in [9.17, 15) is 18.0 Å². The monoisotopic (exact) mass is 499 g/mol. The fourth-order valence-corrected chi connectivity index (χ4v) is 3.85. The molecule has 0 spiro atoms. The lowest BCUT2D eigenvalue weighted by atomic mass is 9.99. The van der Waals surface area contributed by atoms with Gasteiger partial charge in [0.05, 0.1) is 19.3 Å². The molecule has 0 atom stereocenters. The smallest absolute Gasteiger partial charge is 0.488 e. The van der Waals surface area contributed by atoms with Crippen LogP contribution < -0.4 is 15.2 Å². The molecule has 1 heterocycles. The molecule has 0 saturated carbocycles. The van der Waals surface area contributed by atoms with Crippen LogP contribution in [0.3, 0.4) is 0 Å². The highest BCUT2D eigenvalue weighted by molar-refractivity contribution is 5.93. The van der Waals surface area contributed by atoms with E-state index in [0.29, 0.717) is 17.7 Å². The normalized spacial score (nSPS) is 11.5. The van der Waals surface area contributed by atoms with Gasteiger partial charge < -0.3 is 24.4 Å². The molecule has 0 bridgehead atoms. The Bertz CT molecular complexity index is 1360. The molecule has 1 aromatic heterocycles. The van der Waals surface area contributed by atoms with Crippen molar-refractivity contribution in [1.29, 1.82) is 0 Å². The Labute approximate surface area is 205 Å². The van der Waals surface area contributed by atoms with E-state index in [-0.39, 0.29) is 25.4 Å². The first-order valence-electron chi connectivity index (χ1n) is 11.2. The molecule has 0 radical (unpaired) electrons. The maximum Gasteiger partial charge on any atom is 0.573 e. The van der Waals surface area contributed by atoms with Crippen molar-refractivity contribution in [3.63, 3.8) is 0 Å². The van der Waals surface area contributed by atoms with Crippen molar-refractivity contribution in [3.05, 3.63) is 83.6 Å². The number of hydrogen-bond acceptors (Lipinski definition) is 6. The van der Waals surface area contributed by atoms with Gasteiger partial charge in [0.1, 0.15) is 23.7 Å². The van der Waals surface area contributed by atoms with Gasteiger partial charge in [0.15, 0.2) is 0 Å². The van der Waals surface area contributed by atoms with E-state index < -0.39 is 18.1 Å². The SMILES string of the molecule is CCOC(=O)Cc1ccc(OC(F)(F)F)cc1OCc1cc(-c2cccc(CN)c2)c2occc2c1. The molecule has 9 heteroatoms. The average Bonchev–Trinajstić information content (AvgIpc) is 3.31. The predicted octanol–water partition coefficient (Wildman–Crippen LogP) is 6.14. The zero-order valence-electron chi connectivity index (χ0n) is 19.4. The highest BCUT2D eigenvalue weighted by atomic mass is 19.4. The second-order valence-corrected chi connectivity index (χ2v) is 7.97. The third-order valence-corrected chi connectivity index (χ3v) is 5.39. The topological polar surface area (TPSA) is 83.9 Å². The van der Waals surface area contributed by atoms with E-state index in [2.05, 4.69) is 4.74 Å². The fourth-order valence-electron chi connectivity index (χ4n) is 3.85. The molecule has 0 unspecified atom stereocenters. The Morgan fingerprint density at radius 1 is 1.03 bits per heavy atom. The van der Waals surface area contributed by atoms with E-state index in [1.807, 2.05) is 42.5 Å². The number of fused-ring (bicyclic) bond motifs is 1. The minimum absolute atomic E-state index is 0.0238. The van der Waals surface area contributed by atoms with Crippen LogP contribution in [0, 0.1) is 0 Å². The lowest BCUT2D eigenvalue weighted by Crippen LogP contribution is -2.17. The van der Waals surface area contributed by atoms with Gasteiger partial charge in [0.2, 0.25) is 0 Å². The number of halogens is 3. The Hall–Kier alpha value is -3.98. The van der Waals surface area contributed by atoms with Crippen molar-refractivity contribution in [1.82, 2.24) is 0 Å². The van der Waals surface area contributed by atoms with Crippen molar-refractivity contribution in [2.24, 2.45) is 5.73 Å². The Morgan fingerprint density at radius 3 is 2.61 bits per heavy atom. The molecule has 3 aromatic carbocycles. The predicted molar refractivity (Wildman–Crippen MR) is 127 cm³/mol. The van der Waals surface area contributed by atoms with E-state index in [1.54, 1.807) is 13.2 Å². The minimum Gasteiger partial charge on any atom is -0.488 e. The van der Waals surface area contributed by atoms with Gasteiger partial charge in [-0.25, -0.2) is 0 Å². The molecule has 4 aromatic rings. The molecule has 36 heavy (non-hydrogen) atoms. The van der Waals surface area contributed by atoms with Gasteiger partial charge in [-0.15, -0.1) is 13.2 Å². The largest absolute Gasteiger partial charge is 0.573 e. The van der Waals surface area contributed by atoms with E-state index in [0.717, 1.165) is 39.8 Å². The van der Waals surface area contributed by atoms with E-state index in [1.165, 1.54) is 6.07 Å². The van der Waals surface area contributed by atoms with Gasteiger partial charge in [0.25, 0.3) is 0 Å². The van der Waals surface area contributed by atoms with Crippen molar-refractivity contribution < 1.29 is 36.6 Å². The van der Waals surface area contributed by atoms with Crippen LogP contribution >= 0.6 is 0 Å². The van der Waals surface area contributed by atoms with Crippen molar-refractivity contribution >= 4 is 16.9 Å². The standard InChI is InChI=1S/C27H24F3NO5/c1-2-33-25(32)13-20-6-7-22(36-27(28,29)30)14-24(20)35-16-18-11-21-8-9-34-26(21)23(12-18)19-5-3-4-17(10-19)15-31/h3-12,14H,2,13,15-16,31H2,1H3. The quantitative estimate of drug-likeness (QED) is 0.279. The van der Waals surface area contributed by atoms with Crippen LogP contribution in [0.1, 0.15) is 23.6 Å². The first-order chi connectivity index (χ1) is 17.3. The lowest BCUT2D eigenvalue weighted by Gasteiger charge is -2.15. The maximum absolute atomic E-state index is 12.8.